The molecule has 0 spiro atoms. The summed E-state index contributed by atoms with van der Waals surface area (Å²) in [5, 5.41) is 0.172. The number of methoxy groups -OCH3 is 1. The quantitative estimate of drug-likeness (QED) is 0.721. The fourth-order valence-corrected chi connectivity index (χ4v) is 1.97. The second-order valence-corrected chi connectivity index (χ2v) is 4.58. The zero-order valence-corrected chi connectivity index (χ0v) is 10.9. The van der Waals surface area contributed by atoms with Crippen LogP contribution in [0.2, 0.25) is 5.02 Å². The number of halogens is 5. The Morgan fingerprint density at radius 2 is 1.94 bits per heavy atom. The van der Waals surface area contributed by atoms with Gasteiger partial charge in [-0.3, -0.25) is 0 Å². The molecule has 1 rings (SSSR count). The average Bonchev–Trinajstić information content (AvgIpc) is 2.14. The van der Waals surface area contributed by atoms with Crippen LogP contribution in [0.3, 0.4) is 0 Å². The molecule has 1 aromatic carbocycles. The highest BCUT2D eigenvalue weighted by Crippen LogP contribution is 2.42. The number of rotatable bonds is 2. The van der Waals surface area contributed by atoms with Gasteiger partial charge in [0.1, 0.15) is 10.6 Å². The summed E-state index contributed by atoms with van der Waals surface area (Å²) in [6.45, 7) is 1.64. The van der Waals surface area contributed by atoms with Crippen LogP contribution in [0.1, 0.15) is 16.0 Å². The third kappa shape index (κ3) is 2.83. The van der Waals surface area contributed by atoms with Gasteiger partial charge >= 0.3 is 6.18 Å². The zero-order chi connectivity index (χ0) is 12.5. The Morgan fingerprint density at radius 1 is 1.38 bits per heavy atom. The van der Waals surface area contributed by atoms with E-state index in [2.05, 4.69) is 15.9 Å². The average molecular weight is 318 g/mol. The maximum absolute atomic E-state index is 12.5. The number of alkyl halides is 4. The SMILES string of the molecule is COc1c(C)cc(C(Br)C(F)(F)F)cc1Cl. The molecule has 1 nitrogen and oxygen atoms in total. The van der Waals surface area contributed by atoms with Crippen molar-refractivity contribution in [3.63, 3.8) is 0 Å². The molecular formula is C10H9BrClF3O. The smallest absolute Gasteiger partial charge is 0.405 e. The largest absolute Gasteiger partial charge is 0.495 e. The first kappa shape index (κ1) is 13.6. The van der Waals surface area contributed by atoms with E-state index in [4.69, 9.17) is 16.3 Å². The topological polar surface area (TPSA) is 9.23 Å². The molecule has 1 atom stereocenters. The van der Waals surface area contributed by atoms with Crippen molar-refractivity contribution >= 4 is 27.5 Å². The van der Waals surface area contributed by atoms with Gasteiger partial charge < -0.3 is 4.74 Å². The Bertz CT molecular complexity index is 369. The van der Waals surface area contributed by atoms with Crippen molar-refractivity contribution in [2.24, 2.45) is 0 Å². The number of hydrogen-bond donors (Lipinski definition) is 0. The highest BCUT2D eigenvalue weighted by Gasteiger charge is 2.39. The third-order valence-electron chi connectivity index (χ3n) is 2.04. The normalized spacial score (nSPS) is 13.7. The van der Waals surface area contributed by atoms with Gasteiger partial charge in [0.2, 0.25) is 0 Å². The molecule has 0 fully saturated rings. The summed E-state index contributed by atoms with van der Waals surface area (Å²) in [6, 6.07) is 2.65. The highest BCUT2D eigenvalue weighted by molar-refractivity contribution is 9.09. The molecule has 16 heavy (non-hydrogen) atoms. The minimum absolute atomic E-state index is 0.0656. The molecular weight excluding hydrogens is 308 g/mol. The van der Waals surface area contributed by atoms with Gasteiger partial charge in [-0.1, -0.05) is 33.6 Å². The molecule has 0 saturated carbocycles. The van der Waals surface area contributed by atoms with Crippen LogP contribution in [0.15, 0.2) is 12.1 Å². The van der Waals surface area contributed by atoms with Crippen LogP contribution < -0.4 is 4.74 Å². The van der Waals surface area contributed by atoms with Gasteiger partial charge in [-0.25, -0.2) is 0 Å². The van der Waals surface area contributed by atoms with Crippen LogP contribution in [-0.4, -0.2) is 13.3 Å². The number of aryl methyl sites for hydroxylation is 1. The molecule has 0 N–H and O–H groups in total. The van der Waals surface area contributed by atoms with Crippen molar-refractivity contribution in [1.82, 2.24) is 0 Å². The van der Waals surface area contributed by atoms with Crippen molar-refractivity contribution in [2.75, 3.05) is 7.11 Å². The Labute approximate surface area is 105 Å². The lowest BCUT2D eigenvalue weighted by molar-refractivity contribution is -0.128. The lowest BCUT2D eigenvalue weighted by atomic mass is 10.1. The van der Waals surface area contributed by atoms with Crippen molar-refractivity contribution in [2.45, 2.75) is 17.9 Å². The molecule has 0 amide bonds. The highest BCUT2D eigenvalue weighted by atomic mass is 79.9. The Kier molecular flexibility index (Phi) is 4.12. The predicted octanol–water partition coefficient (Wildman–Crippen LogP) is 4.66. The van der Waals surface area contributed by atoms with E-state index in [-0.39, 0.29) is 10.6 Å². The van der Waals surface area contributed by atoms with Crippen molar-refractivity contribution < 1.29 is 17.9 Å². The molecule has 0 aromatic heterocycles. The Balaban J connectivity index is 3.19. The second-order valence-electron chi connectivity index (χ2n) is 3.26. The van der Waals surface area contributed by atoms with E-state index in [9.17, 15) is 13.2 Å². The summed E-state index contributed by atoms with van der Waals surface area (Å²) in [7, 11) is 1.42. The first-order valence-electron chi connectivity index (χ1n) is 4.32. The summed E-state index contributed by atoms with van der Waals surface area (Å²) < 4.78 is 42.3. The van der Waals surface area contributed by atoms with E-state index in [1.807, 2.05) is 0 Å². The summed E-state index contributed by atoms with van der Waals surface area (Å²) in [6.07, 6.45) is -4.34. The minimum atomic E-state index is -4.34. The van der Waals surface area contributed by atoms with E-state index < -0.39 is 11.0 Å². The summed E-state index contributed by atoms with van der Waals surface area (Å²) in [5.41, 5.74) is 0.634. The molecule has 0 radical (unpaired) electrons. The summed E-state index contributed by atoms with van der Waals surface area (Å²) in [4.78, 5) is -1.72. The summed E-state index contributed by atoms with van der Waals surface area (Å²) >= 11 is 8.41. The van der Waals surface area contributed by atoms with Gasteiger partial charge in [0.25, 0.3) is 0 Å². The maximum Gasteiger partial charge on any atom is 0.405 e. The molecule has 0 aliphatic heterocycles. The van der Waals surface area contributed by atoms with Crippen molar-refractivity contribution in [1.29, 1.82) is 0 Å². The molecule has 0 saturated heterocycles. The fraction of sp³-hybridized carbons (Fsp3) is 0.400. The van der Waals surface area contributed by atoms with Gasteiger partial charge in [0.15, 0.2) is 0 Å². The number of ether oxygens (including phenoxy) is 1. The molecule has 6 heteroatoms. The van der Waals surface area contributed by atoms with Crippen LogP contribution in [0.25, 0.3) is 0 Å². The van der Waals surface area contributed by atoms with Gasteiger partial charge in [-0.15, -0.1) is 0 Å². The fourth-order valence-electron chi connectivity index (χ4n) is 1.35. The van der Waals surface area contributed by atoms with Gasteiger partial charge in [0, 0.05) is 0 Å². The van der Waals surface area contributed by atoms with Crippen LogP contribution >= 0.6 is 27.5 Å². The summed E-state index contributed by atoms with van der Waals surface area (Å²) in [5.74, 6) is 0.396. The number of benzene rings is 1. The zero-order valence-electron chi connectivity index (χ0n) is 8.53. The predicted molar refractivity (Wildman–Crippen MR) is 60.5 cm³/mol. The molecule has 1 unspecified atom stereocenters. The molecule has 1 aromatic rings. The van der Waals surface area contributed by atoms with E-state index in [0.29, 0.717) is 11.3 Å². The van der Waals surface area contributed by atoms with E-state index in [0.717, 1.165) is 0 Å². The first-order chi connectivity index (χ1) is 7.27. The van der Waals surface area contributed by atoms with Crippen LogP contribution in [0.5, 0.6) is 5.75 Å². The lowest BCUT2D eigenvalue weighted by Crippen LogP contribution is -2.15. The maximum atomic E-state index is 12.5. The van der Waals surface area contributed by atoms with Crippen LogP contribution in [0, 0.1) is 6.92 Å². The molecule has 90 valence electrons. The molecule has 0 heterocycles. The minimum Gasteiger partial charge on any atom is -0.495 e. The molecule has 0 bridgehead atoms. The second kappa shape index (κ2) is 4.84. The van der Waals surface area contributed by atoms with Gasteiger partial charge in [-0.2, -0.15) is 13.2 Å². The number of hydrogen-bond acceptors (Lipinski definition) is 1. The molecule has 0 aliphatic rings. The Hall–Kier alpha value is -0.420. The third-order valence-corrected chi connectivity index (χ3v) is 3.36. The van der Waals surface area contributed by atoms with E-state index in [1.165, 1.54) is 19.2 Å². The van der Waals surface area contributed by atoms with Crippen LogP contribution in [-0.2, 0) is 0 Å². The van der Waals surface area contributed by atoms with Gasteiger partial charge in [0.05, 0.1) is 12.1 Å². The standard InChI is InChI=1S/C10H9BrClF3O/c1-5-3-6(9(11)10(13,14)15)4-7(12)8(5)16-2/h3-4,9H,1-2H3. The first-order valence-corrected chi connectivity index (χ1v) is 5.61. The van der Waals surface area contributed by atoms with E-state index in [1.54, 1.807) is 6.92 Å². The monoisotopic (exact) mass is 316 g/mol. The van der Waals surface area contributed by atoms with Crippen molar-refractivity contribution in [3.8, 4) is 5.75 Å². The van der Waals surface area contributed by atoms with Gasteiger partial charge in [-0.05, 0) is 24.1 Å². The lowest BCUT2D eigenvalue weighted by Gasteiger charge is -2.16. The Morgan fingerprint density at radius 3 is 2.31 bits per heavy atom. The van der Waals surface area contributed by atoms with Crippen LogP contribution in [0.4, 0.5) is 13.2 Å². The van der Waals surface area contributed by atoms with E-state index >= 15 is 0 Å². The van der Waals surface area contributed by atoms with Crippen molar-refractivity contribution in [3.05, 3.63) is 28.3 Å². The molecule has 0 aliphatic carbocycles.